The minimum atomic E-state index is 0.544. The van der Waals surface area contributed by atoms with Gasteiger partial charge in [0.2, 0.25) is 0 Å². The Labute approximate surface area is 64.1 Å². The molecule has 2 heterocycles. The molecule has 0 unspecified atom stereocenters. The number of hydrogen-bond donors (Lipinski definition) is 0. The van der Waals surface area contributed by atoms with Crippen LogP contribution >= 0.6 is 0 Å². The number of hydrogen-bond acceptors (Lipinski definition) is 4. The van der Waals surface area contributed by atoms with Gasteiger partial charge in [-0.15, -0.1) is 5.17 Å². The van der Waals surface area contributed by atoms with Crippen LogP contribution in [0.5, 0.6) is 0 Å². The van der Waals surface area contributed by atoms with Gasteiger partial charge in [-0.05, 0) is 12.1 Å². The zero-order valence-electron chi connectivity index (χ0n) is 5.84. The van der Waals surface area contributed by atoms with Gasteiger partial charge < -0.3 is 0 Å². The Kier molecular flexibility index (Phi) is 1.53. The van der Waals surface area contributed by atoms with Crippen molar-refractivity contribution >= 4 is 11.9 Å². The van der Waals surface area contributed by atoms with Crippen molar-refractivity contribution in [1.82, 2.24) is 4.98 Å². The third kappa shape index (κ3) is 1.20. The van der Waals surface area contributed by atoms with Gasteiger partial charge in [0, 0.05) is 12.4 Å². The molecular formula is C7H7N3O. The molecule has 11 heavy (non-hydrogen) atoms. The van der Waals surface area contributed by atoms with Gasteiger partial charge in [-0.25, -0.2) is 4.84 Å². The molecule has 0 radical (unpaired) electrons. The quantitative estimate of drug-likeness (QED) is 0.593. The summed E-state index contributed by atoms with van der Waals surface area (Å²) >= 11 is 0. The van der Waals surface area contributed by atoms with Crippen molar-refractivity contribution < 1.29 is 4.84 Å². The van der Waals surface area contributed by atoms with Crippen LogP contribution in [0.1, 0.15) is 0 Å². The largest absolute Gasteiger partial charge is 0.265 e. The normalized spacial score (nSPS) is 15.8. The average Bonchev–Trinajstić information content (AvgIpc) is 2.58. The maximum Gasteiger partial charge on any atom is 0.114 e. The summed E-state index contributed by atoms with van der Waals surface area (Å²) in [7, 11) is 0. The number of nitrogens with zero attached hydrogens (tertiary/aromatic N) is 3. The second kappa shape index (κ2) is 2.67. The highest BCUT2D eigenvalue weighted by molar-refractivity contribution is 5.63. The Morgan fingerprint density at radius 2 is 2.18 bits per heavy atom. The van der Waals surface area contributed by atoms with Gasteiger partial charge in [0.25, 0.3) is 0 Å². The minimum Gasteiger partial charge on any atom is -0.265 e. The van der Waals surface area contributed by atoms with Gasteiger partial charge in [-0.1, -0.05) is 0 Å². The first-order valence-corrected chi connectivity index (χ1v) is 3.32. The molecule has 1 aromatic rings. The molecule has 0 aliphatic carbocycles. The molecule has 4 nitrogen and oxygen atoms in total. The van der Waals surface area contributed by atoms with E-state index in [1.54, 1.807) is 18.6 Å². The standard InChI is InChI=1S/C7H7N3O/c1-3-8-4-2-7(1)10-9-5-6-11-10/h1-5H,6H2. The molecule has 0 bridgehead atoms. The maximum atomic E-state index is 5.12. The van der Waals surface area contributed by atoms with Gasteiger partial charge in [0.1, 0.15) is 6.61 Å². The second-order valence-electron chi connectivity index (χ2n) is 2.07. The van der Waals surface area contributed by atoms with Crippen LogP contribution < -0.4 is 5.17 Å². The SMILES string of the molecule is C1=NN(c2ccncc2)OC1. The summed E-state index contributed by atoms with van der Waals surface area (Å²) in [4.78, 5) is 9.01. The average molecular weight is 149 g/mol. The van der Waals surface area contributed by atoms with Gasteiger partial charge in [-0.3, -0.25) is 4.98 Å². The molecular weight excluding hydrogens is 142 g/mol. The molecule has 1 aliphatic rings. The van der Waals surface area contributed by atoms with Crippen molar-refractivity contribution in [1.29, 1.82) is 0 Å². The van der Waals surface area contributed by atoms with Crippen LogP contribution in [-0.4, -0.2) is 17.8 Å². The van der Waals surface area contributed by atoms with E-state index in [1.807, 2.05) is 12.1 Å². The Balaban J connectivity index is 2.23. The zero-order chi connectivity index (χ0) is 7.52. The van der Waals surface area contributed by atoms with Gasteiger partial charge in [0.15, 0.2) is 0 Å². The molecule has 1 aromatic heterocycles. The predicted molar refractivity (Wildman–Crippen MR) is 41.2 cm³/mol. The fraction of sp³-hybridized carbons (Fsp3) is 0.143. The topological polar surface area (TPSA) is 37.7 Å². The Hall–Kier alpha value is -1.42. The summed E-state index contributed by atoms with van der Waals surface area (Å²) in [6.07, 6.45) is 5.11. The van der Waals surface area contributed by atoms with Crippen LogP contribution in [-0.2, 0) is 4.84 Å². The van der Waals surface area contributed by atoms with Crippen LogP contribution in [0.15, 0.2) is 29.6 Å². The third-order valence-electron chi connectivity index (χ3n) is 1.34. The molecule has 56 valence electrons. The van der Waals surface area contributed by atoms with Crippen molar-refractivity contribution in [3.05, 3.63) is 24.5 Å². The lowest BCUT2D eigenvalue weighted by molar-refractivity contribution is 0.166. The summed E-state index contributed by atoms with van der Waals surface area (Å²) in [5.41, 5.74) is 0.897. The Morgan fingerprint density at radius 3 is 2.82 bits per heavy atom. The summed E-state index contributed by atoms with van der Waals surface area (Å²) < 4.78 is 0. The number of anilines is 1. The van der Waals surface area contributed by atoms with Crippen LogP contribution in [0.3, 0.4) is 0 Å². The smallest absolute Gasteiger partial charge is 0.114 e. The highest BCUT2D eigenvalue weighted by Crippen LogP contribution is 2.14. The second-order valence-corrected chi connectivity index (χ2v) is 2.07. The van der Waals surface area contributed by atoms with Gasteiger partial charge in [0.05, 0.1) is 11.9 Å². The van der Waals surface area contributed by atoms with Gasteiger partial charge >= 0.3 is 0 Å². The van der Waals surface area contributed by atoms with E-state index in [9.17, 15) is 0 Å². The van der Waals surface area contributed by atoms with Crippen molar-refractivity contribution in [3.63, 3.8) is 0 Å². The lowest BCUT2D eigenvalue weighted by atomic mass is 10.4. The van der Waals surface area contributed by atoms with E-state index in [-0.39, 0.29) is 0 Å². The number of rotatable bonds is 1. The molecule has 4 heteroatoms. The molecule has 0 saturated heterocycles. The number of hydrazone groups is 1. The van der Waals surface area contributed by atoms with E-state index in [1.165, 1.54) is 5.17 Å². The van der Waals surface area contributed by atoms with E-state index < -0.39 is 0 Å². The predicted octanol–water partition coefficient (Wildman–Crippen LogP) is 0.819. The van der Waals surface area contributed by atoms with Crippen molar-refractivity contribution in [2.75, 3.05) is 11.8 Å². The monoisotopic (exact) mass is 149 g/mol. The van der Waals surface area contributed by atoms with Crippen LogP contribution in [0.4, 0.5) is 5.69 Å². The minimum absolute atomic E-state index is 0.544. The van der Waals surface area contributed by atoms with E-state index in [0.717, 1.165) is 5.69 Å². The fourth-order valence-electron chi connectivity index (χ4n) is 0.858. The van der Waals surface area contributed by atoms with Crippen molar-refractivity contribution in [3.8, 4) is 0 Å². The molecule has 0 amide bonds. The molecule has 0 N–H and O–H groups in total. The summed E-state index contributed by atoms with van der Waals surface area (Å²) in [6.45, 7) is 0.544. The molecule has 0 saturated carbocycles. The number of pyridine rings is 1. The fourth-order valence-corrected chi connectivity index (χ4v) is 0.858. The molecule has 0 fully saturated rings. The van der Waals surface area contributed by atoms with Crippen LogP contribution in [0.2, 0.25) is 0 Å². The highest BCUT2D eigenvalue weighted by Gasteiger charge is 2.07. The van der Waals surface area contributed by atoms with E-state index in [2.05, 4.69) is 10.1 Å². The Bertz CT molecular complexity index is 260. The third-order valence-corrected chi connectivity index (χ3v) is 1.34. The van der Waals surface area contributed by atoms with Crippen molar-refractivity contribution in [2.45, 2.75) is 0 Å². The van der Waals surface area contributed by atoms with E-state index in [4.69, 9.17) is 4.84 Å². The number of aromatic nitrogens is 1. The van der Waals surface area contributed by atoms with E-state index >= 15 is 0 Å². The Morgan fingerprint density at radius 1 is 1.36 bits per heavy atom. The first kappa shape index (κ1) is 6.30. The molecule has 2 rings (SSSR count). The first-order valence-electron chi connectivity index (χ1n) is 3.32. The first-order chi connectivity index (χ1) is 5.47. The summed E-state index contributed by atoms with van der Waals surface area (Å²) in [5.74, 6) is 0. The maximum absolute atomic E-state index is 5.12. The van der Waals surface area contributed by atoms with Crippen LogP contribution in [0, 0.1) is 0 Å². The van der Waals surface area contributed by atoms with Crippen molar-refractivity contribution in [2.24, 2.45) is 5.10 Å². The molecule has 0 spiro atoms. The summed E-state index contributed by atoms with van der Waals surface area (Å²) in [5, 5.41) is 5.44. The summed E-state index contributed by atoms with van der Waals surface area (Å²) in [6, 6.07) is 3.67. The molecule has 1 aliphatic heterocycles. The van der Waals surface area contributed by atoms with Crippen LogP contribution in [0.25, 0.3) is 0 Å². The van der Waals surface area contributed by atoms with Gasteiger partial charge in [-0.2, -0.15) is 5.10 Å². The highest BCUT2D eigenvalue weighted by atomic mass is 16.7. The zero-order valence-corrected chi connectivity index (χ0v) is 5.84. The lowest BCUT2D eigenvalue weighted by Crippen LogP contribution is -2.10. The molecule has 0 aromatic carbocycles. The lowest BCUT2D eigenvalue weighted by Gasteiger charge is -2.10. The molecule has 0 atom stereocenters. The van der Waals surface area contributed by atoms with E-state index in [0.29, 0.717) is 6.61 Å².